The lowest BCUT2D eigenvalue weighted by Gasteiger charge is -2.28. The van der Waals surface area contributed by atoms with Gasteiger partial charge in [-0.05, 0) is 48.3 Å². The van der Waals surface area contributed by atoms with Crippen LogP contribution in [0, 0.1) is 6.92 Å². The highest BCUT2D eigenvalue weighted by Crippen LogP contribution is 2.47. The molecule has 2 atom stereocenters. The van der Waals surface area contributed by atoms with Crippen molar-refractivity contribution in [2.75, 3.05) is 18.6 Å². The molecule has 5 nitrogen and oxygen atoms in total. The topological polar surface area (TPSA) is 40.2 Å². The maximum Gasteiger partial charge on any atom is 0.164 e. The zero-order chi connectivity index (χ0) is 20.8. The van der Waals surface area contributed by atoms with Crippen molar-refractivity contribution in [1.29, 1.82) is 0 Å². The molecule has 2 aliphatic rings. The molecule has 0 saturated carbocycles. The molecule has 0 bridgehead atoms. The minimum atomic E-state index is -0.620. The van der Waals surface area contributed by atoms with Crippen LogP contribution in [0.1, 0.15) is 25.0 Å². The second-order valence-electron chi connectivity index (χ2n) is 7.68. The Hall–Kier alpha value is -1.67. The Kier molecular flexibility index (Phi) is 5.59. The molecular formula is C22H24BrNO4S. The van der Waals surface area contributed by atoms with E-state index in [2.05, 4.69) is 20.8 Å². The molecule has 2 heterocycles. The Morgan fingerprint density at radius 1 is 1.24 bits per heavy atom. The number of methoxy groups -OCH3 is 1. The van der Waals surface area contributed by atoms with Crippen LogP contribution in [0.4, 0.5) is 5.69 Å². The first-order valence-corrected chi connectivity index (χ1v) is 10.7. The summed E-state index contributed by atoms with van der Waals surface area (Å²) < 4.78 is 24.8. The van der Waals surface area contributed by atoms with Crippen molar-refractivity contribution in [2.24, 2.45) is 0 Å². The first kappa shape index (κ1) is 20.6. The maximum atomic E-state index is 6.31. The van der Waals surface area contributed by atoms with Crippen LogP contribution in [0.3, 0.4) is 0 Å². The predicted molar refractivity (Wildman–Crippen MR) is 120 cm³/mol. The van der Waals surface area contributed by atoms with Gasteiger partial charge in [-0.15, -0.1) is 0 Å². The van der Waals surface area contributed by atoms with Gasteiger partial charge in [0.2, 0.25) is 0 Å². The number of hydrogen-bond donors (Lipinski definition) is 0. The summed E-state index contributed by atoms with van der Waals surface area (Å²) >= 11 is 9.47. The molecule has 29 heavy (non-hydrogen) atoms. The fourth-order valence-electron chi connectivity index (χ4n) is 3.86. The van der Waals surface area contributed by atoms with Crippen LogP contribution in [0.2, 0.25) is 0 Å². The highest BCUT2D eigenvalue weighted by Gasteiger charge is 2.51. The van der Waals surface area contributed by atoms with Gasteiger partial charge in [0, 0.05) is 10.0 Å². The van der Waals surface area contributed by atoms with Crippen LogP contribution in [-0.2, 0) is 16.1 Å². The van der Waals surface area contributed by atoms with Gasteiger partial charge in [0.05, 0.1) is 19.3 Å². The minimum Gasteiger partial charge on any atom is -0.496 e. The molecule has 0 amide bonds. The zero-order valence-electron chi connectivity index (χ0n) is 16.9. The van der Waals surface area contributed by atoms with Gasteiger partial charge in [0.15, 0.2) is 11.5 Å². The van der Waals surface area contributed by atoms with Crippen LogP contribution in [-0.4, -0.2) is 36.6 Å². The summed E-state index contributed by atoms with van der Waals surface area (Å²) in [6.07, 6.45) is -0.343. The molecular weight excluding hydrogens is 454 g/mol. The van der Waals surface area contributed by atoms with E-state index in [4.69, 9.17) is 31.2 Å². The Balaban J connectivity index is 1.69. The van der Waals surface area contributed by atoms with E-state index in [1.807, 2.05) is 57.2 Å². The largest absolute Gasteiger partial charge is 0.496 e. The Labute approximate surface area is 185 Å². The standard InChI is InChI=1S/C22H24BrNO4S/c1-13-16(25-4)10-15(23)18(19(13)26-12-14-8-6-5-7-9-14)24-11-17-20(21(24)29)28-22(2,3)27-17/h5-10,17,20H,11-12H2,1-4H3/t17-,20-/m1/s1. The highest BCUT2D eigenvalue weighted by molar-refractivity contribution is 9.10. The molecule has 0 radical (unpaired) electrons. The Morgan fingerprint density at radius 3 is 2.62 bits per heavy atom. The van der Waals surface area contributed by atoms with Crippen LogP contribution in [0.25, 0.3) is 0 Å². The van der Waals surface area contributed by atoms with E-state index in [0.717, 1.165) is 32.8 Å². The van der Waals surface area contributed by atoms with Crippen molar-refractivity contribution < 1.29 is 18.9 Å². The fourth-order valence-corrected chi connectivity index (χ4v) is 4.83. The third-order valence-corrected chi connectivity index (χ3v) is 6.24. The molecule has 4 rings (SSSR count). The molecule has 0 aliphatic carbocycles. The van der Waals surface area contributed by atoms with Crippen molar-refractivity contribution in [3.8, 4) is 11.5 Å². The molecule has 2 aromatic rings. The smallest absolute Gasteiger partial charge is 0.164 e. The van der Waals surface area contributed by atoms with Crippen LogP contribution in [0.5, 0.6) is 11.5 Å². The van der Waals surface area contributed by atoms with Crippen molar-refractivity contribution in [2.45, 2.75) is 45.4 Å². The maximum absolute atomic E-state index is 6.31. The summed E-state index contributed by atoms with van der Waals surface area (Å²) in [7, 11) is 1.66. The third kappa shape index (κ3) is 3.89. The molecule has 0 N–H and O–H groups in total. The lowest BCUT2D eigenvalue weighted by Crippen LogP contribution is -2.33. The monoisotopic (exact) mass is 477 g/mol. The molecule has 2 aliphatic heterocycles. The average Bonchev–Trinajstić information content (AvgIpc) is 3.15. The van der Waals surface area contributed by atoms with Crippen LogP contribution >= 0.6 is 28.1 Å². The van der Waals surface area contributed by atoms with Gasteiger partial charge >= 0.3 is 0 Å². The molecule has 154 valence electrons. The normalized spacial score (nSPS) is 22.7. The number of halogens is 1. The van der Waals surface area contributed by atoms with Gasteiger partial charge in [0.25, 0.3) is 0 Å². The van der Waals surface area contributed by atoms with Gasteiger partial charge in [-0.25, -0.2) is 0 Å². The second-order valence-corrected chi connectivity index (χ2v) is 8.95. The van der Waals surface area contributed by atoms with Gasteiger partial charge < -0.3 is 23.8 Å². The fraction of sp³-hybridized carbons (Fsp3) is 0.409. The molecule has 2 fully saturated rings. The van der Waals surface area contributed by atoms with Crippen molar-refractivity contribution in [3.63, 3.8) is 0 Å². The number of nitrogens with zero attached hydrogens (tertiary/aromatic N) is 1. The SMILES string of the molecule is COc1cc(Br)c(N2C[C@H]3OC(C)(C)O[C@H]3C2=S)c(OCc2ccccc2)c1C. The first-order chi connectivity index (χ1) is 13.8. The summed E-state index contributed by atoms with van der Waals surface area (Å²) in [5.41, 5.74) is 2.89. The lowest BCUT2D eigenvalue weighted by atomic mass is 10.1. The van der Waals surface area contributed by atoms with Gasteiger partial charge in [-0.3, -0.25) is 0 Å². The number of fused-ring (bicyclic) bond motifs is 1. The number of thiocarbonyl (C=S) groups is 1. The van der Waals surface area contributed by atoms with Crippen LogP contribution < -0.4 is 14.4 Å². The summed E-state index contributed by atoms with van der Waals surface area (Å²) in [6.45, 7) is 6.88. The number of ether oxygens (including phenoxy) is 4. The summed E-state index contributed by atoms with van der Waals surface area (Å²) in [5, 5.41) is 0. The molecule has 2 saturated heterocycles. The minimum absolute atomic E-state index is 0.103. The summed E-state index contributed by atoms with van der Waals surface area (Å²) in [6, 6.07) is 12.0. The zero-order valence-corrected chi connectivity index (χ0v) is 19.3. The Bertz CT molecular complexity index is 934. The van der Waals surface area contributed by atoms with Gasteiger partial charge in [0.1, 0.15) is 29.6 Å². The highest BCUT2D eigenvalue weighted by atomic mass is 79.9. The predicted octanol–water partition coefficient (Wildman–Crippen LogP) is 5.01. The molecule has 0 unspecified atom stereocenters. The van der Waals surface area contributed by atoms with E-state index in [0.29, 0.717) is 18.1 Å². The van der Waals surface area contributed by atoms with E-state index in [1.54, 1.807) is 7.11 Å². The average molecular weight is 478 g/mol. The van der Waals surface area contributed by atoms with E-state index < -0.39 is 5.79 Å². The summed E-state index contributed by atoms with van der Waals surface area (Å²) in [5.74, 6) is 0.870. The molecule has 7 heteroatoms. The van der Waals surface area contributed by atoms with E-state index in [1.165, 1.54) is 0 Å². The van der Waals surface area contributed by atoms with Gasteiger partial charge in [-0.2, -0.15) is 0 Å². The number of rotatable bonds is 5. The molecule has 2 aromatic carbocycles. The van der Waals surface area contributed by atoms with Crippen LogP contribution in [0.15, 0.2) is 40.9 Å². The first-order valence-electron chi connectivity index (χ1n) is 9.51. The number of benzene rings is 2. The van der Waals surface area contributed by atoms with Crippen molar-refractivity contribution in [3.05, 3.63) is 52.0 Å². The number of hydrogen-bond acceptors (Lipinski definition) is 5. The second kappa shape index (κ2) is 7.87. The number of anilines is 1. The third-order valence-electron chi connectivity index (χ3n) is 5.18. The van der Waals surface area contributed by atoms with Crippen molar-refractivity contribution >= 4 is 38.8 Å². The summed E-state index contributed by atoms with van der Waals surface area (Å²) in [4.78, 5) is 2.76. The van der Waals surface area contributed by atoms with E-state index in [-0.39, 0.29) is 12.2 Å². The van der Waals surface area contributed by atoms with Gasteiger partial charge in [-0.1, -0.05) is 42.5 Å². The quantitative estimate of drug-likeness (QED) is 0.563. The van der Waals surface area contributed by atoms with Crippen molar-refractivity contribution in [1.82, 2.24) is 0 Å². The lowest BCUT2D eigenvalue weighted by molar-refractivity contribution is -0.142. The molecule has 0 aromatic heterocycles. The van der Waals surface area contributed by atoms with E-state index >= 15 is 0 Å². The van der Waals surface area contributed by atoms with E-state index in [9.17, 15) is 0 Å². The Morgan fingerprint density at radius 2 is 1.97 bits per heavy atom. The molecule has 0 spiro atoms.